The van der Waals surface area contributed by atoms with E-state index in [1.165, 1.54) is 193 Å². The Morgan fingerprint density at radius 2 is 0.500 bits per heavy atom. The van der Waals surface area contributed by atoms with Gasteiger partial charge in [-0.05, 0) is 37.5 Å². The minimum Gasteiger partial charge on any atom is -0.462 e. The molecule has 0 heterocycles. The van der Waals surface area contributed by atoms with Gasteiger partial charge in [0.25, 0.3) is 0 Å². The Hall–Kier alpha value is -1.94. The standard InChI is InChI=1S/C73H142O17P2/c1-7-9-11-13-15-17-32-39-45-51-57-72(77)89-68(61-83-70(75)55-49-43-37-29-16-14-12-10-8-2)63-87-91(79,80)85-59-67(74)60-86-92(81,82)88-64-69(62-84-71(76)56-50-44-38-33-27-24-20-22-26-31-36-42-48-54-66(5)6)90-73(78)58-52-46-40-34-28-23-19-18-21-25-30-35-41-47-53-65(3)4/h65-69,74H,7-64H2,1-6H3,(H,79,80)(H,81,82)/t67-,68+,69+/m0/s1. The van der Waals surface area contributed by atoms with Gasteiger partial charge in [-0.2, -0.15) is 0 Å². The van der Waals surface area contributed by atoms with Crippen LogP contribution in [-0.4, -0.2) is 96.7 Å². The van der Waals surface area contributed by atoms with Crippen LogP contribution in [0.4, 0.5) is 0 Å². The van der Waals surface area contributed by atoms with Gasteiger partial charge in [0.1, 0.15) is 19.3 Å². The lowest BCUT2D eigenvalue weighted by Gasteiger charge is -2.21. The van der Waals surface area contributed by atoms with Crippen molar-refractivity contribution in [2.75, 3.05) is 39.6 Å². The molecule has 0 aromatic carbocycles. The summed E-state index contributed by atoms with van der Waals surface area (Å²) in [5.74, 6) is -0.534. The second-order valence-electron chi connectivity index (χ2n) is 27.3. The third-order valence-electron chi connectivity index (χ3n) is 17.0. The number of carbonyl (C=O) groups excluding carboxylic acids is 4. The largest absolute Gasteiger partial charge is 0.472 e. The highest BCUT2D eigenvalue weighted by Crippen LogP contribution is 2.45. The molecule has 0 aliphatic heterocycles. The van der Waals surface area contributed by atoms with E-state index in [0.29, 0.717) is 25.7 Å². The number of esters is 4. The average Bonchev–Trinajstić information content (AvgIpc) is 3.03. The monoisotopic (exact) mass is 1350 g/mol. The summed E-state index contributed by atoms with van der Waals surface area (Å²) in [7, 11) is -9.90. The number of ether oxygens (including phenoxy) is 4. The Bertz CT molecular complexity index is 1790. The molecule has 0 bridgehead atoms. The van der Waals surface area contributed by atoms with Crippen molar-refractivity contribution in [2.45, 2.75) is 394 Å². The zero-order chi connectivity index (χ0) is 67.9. The zero-order valence-electron chi connectivity index (χ0n) is 59.9. The Labute approximate surface area is 562 Å². The van der Waals surface area contributed by atoms with Gasteiger partial charge in [-0.1, -0.05) is 324 Å². The quantitative estimate of drug-likeness (QED) is 0.0222. The maximum Gasteiger partial charge on any atom is 0.472 e. The van der Waals surface area contributed by atoms with Gasteiger partial charge in [0, 0.05) is 25.7 Å². The predicted octanol–water partition coefficient (Wildman–Crippen LogP) is 21.2. The van der Waals surface area contributed by atoms with Crippen LogP contribution >= 0.6 is 15.6 Å². The number of aliphatic hydroxyl groups is 1. The van der Waals surface area contributed by atoms with Gasteiger partial charge < -0.3 is 33.8 Å². The molecule has 0 saturated heterocycles. The van der Waals surface area contributed by atoms with Gasteiger partial charge in [0.05, 0.1) is 26.4 Å². The number of aliphatic hydroxyl groups excluding tert-OH is 1. The topological polar surface area (TPSA) is 237 Å². The fourth-order valence-corrected chi connectivity index (χ4v) is 12.7. The van der Waals surface area contributed by atoms with E-state index in [4.69, 9.17) is 37.0 Å². The molecule has 0 rings (SSSR count). The Morgan fingerprint density at radius 3 is 0.739 bits per heavy atom. The molecular weight excluding hydrogens is 1210 g/mol. The van der Waals surface area contributed by atoms with E-state index >= 15 is 0 Å². The summed E-state index contributed by atoms with van der Waals surface area (Å²) in [6, 6.07) is 0. The Kier molecular flexibility index (Phi) is 63.7. The summed E-state index contributed by atoms with van der Waals surface area (Å²) >= 11 is 0. The van der Waals surface area contributed by atoms with Gasteiger partial charge in [0.15, 0.2) is 12.2 Å². The van der Waals surface area contributed by atoms with E-state index in [1.807, 2.05) is 0 Å². The van der Waals surface area contributed by atoms with Crippen molar-refractivity contribution in [3.63, 3.8) is 0 Å². The molecule has 0 aliphatic rings. The number of hydrogen-bond acceptors (Lipinski definition) is 15. The van der Waals surface area contributed by atoms with Crippen LogP contribution in [0.15, 0.2) is 0 Å². The van der Waals surface area contributed by atoms with Crippen LogP contribution in [-0.2, 0) is 65.4 Å². The number of phosphoric ester groups is 2. The fraction of sp³-hybridized carbons (Fsp3) is 0.945. The van der Waals surface area contributed by atoms with Gasteiger partial charge >= 0.3 is 39.5 Å². The van der Waals surface area contributed by atoms with Gasteiger partial charge in [-0.3, -0.25) is 37.3 Å². The molecule has 0 spiro atoms. The predicted molar refractivity (Wildman–Crippen MR) is 372 cm³/mol. The first kappa shape index (κ1) is 90.1. The minimum absolute atomic E-state index is 0.106. The van der Waals surface area contributed by atoms with Crippen LogP contribution in [0.25, 0.3) is 0 Å². The number of phosphoric acid groups is 2. The summed E-state index contributed by atoms with van der Waals surface area (Å²) < 4.78 is 68.3. The van der Waals surface area contributed by atoms with Crippen LogP contribution < -0.4 is 0 Å². The maximum absolute atomic E-state index is 13.1. The smallest absolute Gasteiger partial charge is 0.462 e. The fourth-order valence-electron chi connectivity index (χ4n) is 11.1. The summed E-state index contributed by atoms with van der Waals surface area (Å²) in [6.07, 6.45) is 51.3. The third kappa shape index (κ3) is 66.7. The molecule has 0 fully saturated rings. The lowest BCUT2D eigenvalue weighted by molar-refractivity contribution is -0.161. The number of hydrogen-bond donors (Lipinski definition) is 3. The molecule has 0 aromatic rings. The molecule has 546 valence electrons. The van der Waals surface area contributed by atoms with Crippen molar-refractivity contribution >= 4 is 39.5 Å². The van der Waals surface area contributed by atoms with E-state index < -0.39 is 97.5 Å². The molecular formula is C73H142O17P2. The van der Waals surface area contributed by atoms with Gasteiger partial charge in [-0.25, -0.2) is 9.13 Å². The van der Waals surface area contributed by atoms with E-state index in [0.717, 1.165) is 102 Å². The summed E-state index contributed by atoms with van der Waals surface area (Å²) in [6.45, 7) is 9.59. The molecule has 5 atom stereocenters. The summed E-state index contributed by atoms with van der Waals surface area (Å²) in [5, 5.41) is 10.6. The molecule has 0 saturated carbocycles. The van der Waals surface area contributed by atoms with Crippen LogP contribution in [0, 0.1) is 11.8 Å². The Balaban J connectivity index is 5.22. The molecule has 19 heteroatoms. The van der Waals surface area contributed by atoms with Crippen molar-refractivity contribution in [3.05, 3.63) is 0 Å². The first-order valence-corrected chi connectivity index (χ1v) is 41.0. The zero-order valence-corrected chi connectivity index (χ0v) is 61.6. The van der Waals surface area contributed by atoms with E-state index in [-0.39, 0.29) is 25.7 Å². The highest BCUT2D eigenvalue weighted by atomic mass is 31.2. The first-order chi connectivity index (χ1) is 44.4. The van der Waals surface area contributed by atoms with E-state index in [2.05, 4.69) is 41.5 Å². The minimum atomic E-state index is -4.95. The van der Waals surface area contributed by atoms with E-state index in [9.17, 15) is 43.2 Å². The molecule has 17 nitrogen and oxygen atoms in total. The molecule has 0 amide bonds. The second kappa shape index (κ2) is 65.0. The van der Waals surface area contributed by atoms with Crippen LogP contribution in [0.5, 0.6) is 0 Å². The highest BCUT2D eigenvalue weighted by molar-refractivity contribution is 7.47. The van der Waals surface area contributed by atoms with Crippen LogP contribution in [0.2, 0.25) is 0 Å². The molecule has 92 heavy (non-hydrogen) atoms. The molecule has 3 N–H and O–H groups in total. The summed E-state index contributed by atoms with van der Waals surface area (Å²) in [4.78, 5) is 72.6. The molecule has 0 aromatic heterocycles. The van der Waals surface area contributed by atoms with Gasteiger partial charge in [-0.15, -0.1) is 0 Å². The average molecular weight is 1350 g/mol. The van der Waals surface area contributed by atoms with Crippen molar-refractivity contribution in [1.29, 1.82) is 0 Å². The van der Waals surface area contributed by atoms with Crippen LogP contribution in [0.1, 0.15) is 375 Å². The molecule has 0 aliphatic carbocycles. The third-order valence-corrected chi connectivity index (χ3v) is 18.9. The number of rotatable bonds is 72. The normalized spacial score (nSPS) is 14.1. The molecule has 0 radical (unpaired) electrons. The summed E-state index contributed by atoms with van der Waals surface area (Å²) in [5.41, 5.74) is 0. The number of unbranched alkanes of at least 4 members (excludes halogenated alkanes) is 42. The maximum atomic E-state index is 13.1. The van der Waals surface area contributed by atoms with Crippen molar-refractivity contribution < 1.29 is 80.2 Å². The highest BCUT2D eigenvalue weighted by Gasteiger charge is 2.30. The molecule has 2 unspecified atom stereocenters. The van der Waals surface area contributed by atoms with Crippen molar-refractivity contribution in [2.24, 2.45) is 11.8 Å². The van der Waals surface area contributed by atoms with Crippen molar-refractivity contribution in [1.82, 2.24) is 0 Å². The van der Waals surface area contributed by atoms with E-state index in [1.54, 1.807) is 0 Å². The first-order valence-electron chi connectivity index (χ1n) is 38.0. The van der Waals surface area contributed by atoms with Crippen LogP contribution in [0.3, 0.4) is 0 Å². The van der Waals surface area contributed by atoms with Crippen molar-refractivity contribution in [3.8, 4) is 0 Å². The lowest BCUT2D eigenvalue weighted by Crippen LogP contribution is -2.30. The SMILES string of the molecule is CCCCCCCCCCCCC(=O)O[C@H](COC(=O)CCCCCCCCCCC)COP(=O)(O)OC[C@H](O)COP(=O)(O)OC[C@@H](COC(=O)CCCCCCCCCCCCCCCC(C)C)OC(=O)CCCCCCCCCCCCCCCCC(C)C. The van der Waals surface area contributed by atoms with Gasteiger partial charge in [0.2, 0.25) is 0 Å². The lowest BCUT2D eigenvalue weighted by atomic mass is 10.0. The Morgan fingerprint density at radius 1 is 0.293 bits per heavy atom. The number of carbonyl (C=O) groups is 4. The second-order valence-corrected chi connectivity index (χ2v) is 30.2.